The van der Waals surface area contributed by atoms with Crippen molar-refractivity contribution >= 4 is 28.0 Å². The Balaban J connectivity index is 2.49. The number of anilines is 1. The minimum Gasteiger partial charge on any atom is -0.327 e. The van der Waals surface area contributed by atoms with Crippen molar-refractivity contribution < 1.29 is 0 Å². The van der Waals surface area contributed by atoms with Crippen molar-refractivity contribution in [3.8, 4) is 0 Å². The van der Waals surface area contributed by atoms with Gasteiger partial charge in [-0.3, -0.25) is 5.43 Å². The molecule has 0 aliphatic rings. The van der Waals surface area contributed by atoms with E-state index < -0.39 is 0 Å². The van der Waals surface area contributed by atoms with E-state index >= 15 is 0 Å². The maximum Gasteiger partial charge on any atom is 0.258 e. The van der Waals surface area contributed by atoms with Gasteiger partial charge >= 0.3 is 0 Å². The first kappa shape index (κ1) is 9.98. The first-order chi connectivity index (χ1) is 8.20. The second-order valence-electron chi connectivity index (χ2n) is 4.03. The number of aryl methyl sites for hydroxylation is 2. The summed E-state index contributed by atoms with van der Waals surface area (Å²) >= 11 is 0. The van der Waals surface area contributed by atoms with Crippen molar-refractivity contribution in [2.45, 2.75) is 6.92 Å². The maximum absolute atomic E-state index is 5.29. The van der Waals surface area contributed by atoms with Gasteiger partial charge in [0.05, 0.1) is 5.52 Å². The second-order valence-corrected chi connectivity index (χ2v) is 4.03. The summed E-state index contributed by atoms with van der Waals surface area (Å²) in [5.41, 5.74) is 6.24. The van der Waals surface area contributed by atoms with Crippen molar-refractivity contribution in [3.63, 3.8) is 0 Å². The van der Waals surface area contributed by atoms with E-state index in [-0.39, 0.29) is 0 Å². The Labute approximate surface area is 97.4 Å². The molecule has 3 aromatic rings. The molecule has 3 rings (SSSR count). The summed E-state index contributed by atoms with van der Waals surface area (Å²) in [5.74, 6) is 5.60. The standard InChI is InChI=1S/C11H12N6/c1-6-3-4-8-7(5-6)9-10(17(8)2)13-11(14-12)16-15-9/h3-5H,12H2,1-2H3,(H,13,14,16). The summed E-state index contributed by atoms with van der Waals surface area (Å²) in [6.45, 7) is 2.05. The van der Waals surface area contributed by atoms with Gasteiger partial charge in [0.2, 0.25) is 0 Å². The third-order valence-electron chi connectivity index (χ3n) is 2.88. The molecule has 2 aromatic heterocycles. The number of nitrogens with one attached hydrogen (secondary N) is 1. The Morgan fingerprint density at radius 3 is 2.88 bits per heavy atom. The zero-order chi connectivity index (χ0) is 12.0. The maximum atomic E-state index is 5.29. The van der Waals surface area contributed by atoms with Crippen molar-refractivity contribution in [2.75, 3.05) is 5.43 Å². The summed E-state index contributed by atoms with van der Waals surface area (Å²) < 4.78 is 1.99. The Hall–Kier alpha value is -2.21. The predicted octanol–water partition coefficient (Wildman–Crippen LogP) is 1.11. The zero-order valence-corrected chi connectivity index (χ0v) is 9.60. The molecule has 0 bridgehead atoms. The number of nitrogen functional groups attached to an aromatic ring is 1. The average Bonchev–Trinajstić information content (AvgIpc) is 2.62. The van der Waals surface area contributed by atoms with Gasteiger partial charge in [-0.1, -0.05) is 11.6 Å². The molecule has 17 heavy (non-hydrogen) atoms. The molecule has 6 heteroatoms. The third kappa shape index (κ3) is 1.34. The predicted molar refractivity (Wildman–Crippen MR) is 66.4 cm³/mol. The zero-order valence-electron chi connectivity index (χ0n) is 9.60. The highest BCUT2D eigenvalue weighted by atomic mass is 15.4. The molecule has 0 amide bonds. The van der Waals surface area contributed by atoms with E-state index in [1.54, 1.807) is 0 Å². The van der Waals surface area contributed by atoms with E-state index in [1.165, 1.54) is 5.56 Å². The molecular weight excluding hydrogens is 216 g/mol. The average molecular weight is 228 g/mol. The molecule has 2 heterocycles. The van der Waals surface area contributed by atoms with E-state index in [0.29, 0.717) is 5.95 Å². The van der Waals surface area contributed by atoms with Crippen LogP contribution in [0.1, 0.15) is 5.56 Å². The number of nitrogens with two attached hydrogens (primary N) is 1. The van der Waals surface area contributed by atoms with Gasteiger partial charge in [-0.25, -0.2) is 5.84 Å². The number of aromatic nitrogens is 4. The normalized spacial score (nSPS) is 11.2. The molecule has 0 radical (unpaired) electrons. The fourth-order valence-electron chi connectivity index (χ4n) is 2.03. The Kier molecular flexibility index (Phi) is 1.99. The van der Waals surface area contributed by atoms with Crippen molar-refractivity contribution in [1.82, 2.24) is 19.7 Å². The van der Waals surface area contributed by atoms with Crippen LogP contribution in [0.3, 0.4) is 0 Å². The minimum absolute atomic E-state index is 0.320. The number of nitrogens with zero attached hydrogens (tertiary/aromatic N) is 4. The summed E-state index contributed by atoms with van der Waals surface area (Å²) in [4.78, 5) is 4.31. The van der Waals surface area contributed by atoms with Crippen LogP contribution in [0.15, 0.2) is 18.2 Å². The van der Waals surface area contributed by atoms with Crippen LogP contribution in [0.25, 0.3) is 22.1 Å². The van der Waals surface area contributed by atoms with Crippen LogP contribution in [-0.2, 0) is 7.05 Å². The molecule has 0 aliphatic carbocycles. The van der Waals surface area contributed by atoms with Gasteiger partial charge in [-0.2, -0.15) is 4.98 Å². The molecule has 0 aliphatic heterocycles. The number of benzene rings is 1. The van der Waals surface area contributed by atoms with Gasteiger partial charge in [-0.05, 0) is 19.1 Å². The molecule has 0 spiro atoms. The summed E-state index contributed by atoms with van der Waals surface area (Å²) in [6.07, 6.45) is 0. The van der Waals surface area contributed by atoms with E-state index in [0.717, 1.165) is 22.1 Å². The number of hydrogen-bond donors (Lipinski definition) is 2. The number of rotatable bonds is 1. The molecule has 1 aromatic carbocycles. The molecule has 0 saturated heterocycles. The van der Waals surface area contributed by atoms with Gasteiger partial charge in [0.1, 0.15) is 5.52 Å². The lowest BCUT2D eigenvalue weighted by molar-refractivity contribution is 0.949. The van der Waals surface area contributed by atoms with Crippen molar-refractivity contribution in [3.05, 3.63) is 23.8 Å². The second kappa shape index (κ2) is 3.39. The molecule has 6 nitrogen and oxygen atoms in total. The molecule has 0 atom stereocenters. The van der Waals surface area contributed by atoms with Gasteiger partial charge < -0.3 is 4.57 Å². The molecule has 0 saturated carbocycles. The van der Waals surface area contributed by atoms with E-state index in [9.17, 15) is 0 Å². The lowest BCUT2D eigenvalue weighted by Gasteiger charge is -1.98. The van der Waals surface area contributed by atoms with Crippen molar-refractivity contribution in [2.24, 2.45) is 12.9 Å². The first-order valence-electron chi connectivity index (χ1n) is 5.27. The number of hydrogen-bond acceptors (Lipinski definition) is 5. The van der Waals surface area contributed by atoms with E-state index in [1.807, 2.05) is 11.6 Å². The third-order valence-corrected chi connectivity index (χ3v) is 2.88. The monoisotopic (exact) mass is 228 g/mol. The summed E-state index contributed by atoms with van der Waals surface area (Å²) in [6, 6.07) is 6.21. The SMILES string of the molecule is Cc1ccc2c(c1)c1nnc(NN)nc1n2C. The van der Waals surface area contributed by atoms with Gasteiger partial charge in [-0.15, -0.1) is 10.2 Å². The molecule has 0 unspecified atom stereocenters. The lowest BCUT2D eigenvalue weighted by Crippen LogP contribution is -2.11. The number of hydrazine groups is 1. The Bertz CT molecular complexity index is 715. The topological polar surface area (TPSA) is 81.7 Å². The van der Waals surface area contributed by atoms with Gasteiger partial charge in [0.15, 0.2) is 5.65 Å². The molecule has 3 N–H and O–H groups in total. The van der Waals surface area contributed by atoms with Crippen LogP contribution in [0.5, 0.6) is 0 Å². The summed E-state index contributed by atoms with van der Waals surface area (Å²) in [5, 5.41) is 9.14. The molecule has 86 valence electrons. The quantitative estimate of drug-likeness (QED) is 0.481. The van der Waals surface area contributed by atoms with Crippen LogP contribution >= 0.6 is 0 Å². The molecular formula is C11H12N6. The number of fused-ring (bicyclic) bond motifs is 3. The van der Waals surface area contributed by atoms with Crippen LogP contribution in [0.4, 0.5) is 5.95 Å². The van der Waals surface area contributed by atoms with Gasteiger partial charge in [0.25, 0.3) is 5.95 Å². The first-order valence-corrected chi connectivity index (χ1v) is 5.27. The minimum atomic E-state index is 0.320. The lowest BCUT2D eigenvalue weighted by atomic mass is 10.2. The Morgan fingerprint density at radius 1 is 1.29 bits per heavy atom. The fourth-order valence-corrected chi connectivity index (χ4v) is 2.03. The fraction of sp³-hybridized carbons (Fsp3) is 0.182. The largest absolute Gasteiger partial charge is 0.327 e. The van der Waals surface area contributed by atoms with E-state index in [2.05, 4.69) is 45.7 Å². The highest BCUT2D eigenvalue weighted by molar-refractivity contribution is 6.04. The summed E-state index contributed by atoms with van der Waals surface area (Å²) in [7, 11) is 1.95. The Morgan fingerprint density at radius 2 is 2.12 bits per heavy atom. The van der Waals surface area contributed by atoms with E-state index in [4.69, 9.17) is 5.84 Å². The van der Waals surface area contributed by atoms with Crippen LogP contribution < -0.4 is 11.3 Å². The smallest absolute Gasteiger partial charge is 0.258 e. The van der Waals surface area contributed by atoms with Crippen LogP contribution in [-0.4, -0.2) is 19.7 Å². The van der Waals surface area contributed by atoms with Gasteiger partial charge in [0, 0.05) is 12.4 Å². The van der Waals surface area contributed by atoms with Crippen LogP contribution in [0.2, 0.25) is 0 Å². The highest BCUT2D eigenvalue weighted by Crippen LogP contribution is 2.25. The van der Waals surface area contributed by atoms with Crippen molar-refractivity contribution in [1.29, 1.82) is 0 Å². The molecule has 0 fully saturated rings. The highest BCUT2D eigenvalue weighted by Gasteiger charge is 2.11. The van der Waals surface area contributed by atoms with Crippen LogP contribution in [0, 0.1) is 6.92 Å².